The van der Waals surface area contributed by atoms with E-state index in [0.29, 0.717) is 6.61 Å². The van der Waals surface area contributed by atoms with Gasteiger partial charge in [-0.1, -0.05) is 6.92 Å². The van der Waals surface area contributed by atoms with Crippen molar-refractivity contribution in [1.82, 2.24) is 5.32 Å². The van der Waals surface area contributed by atoms with Crippen LogP contribution in [0.3, 0.4) is 0 Å². The fraction of sp³-hybridized carbons (Fsp3) is 1.00. The first-order chi connectivity index (χ1) is 3.77. The second kappa shape index (κ2) is 2.03. The Kier molecular flexibility index (Phi) is 1.54. The predicted molar refractivity (Wildman–Crippen MR) is 32.7 cm³/mol. The van der Waals surface area contributed by atoms with Gasteiger partial charge in [-0.2, -0.15) is 0 Å². The third-order valence-electron chi connectivity index (χ3n) is 1.84. The standard InChI is InChI=1S/C6H13NO/c1-6(5-8)2-3-7-4-6/h7-8H,2-5H2,1H3/t6-/m1/s1. The second-order valence-electron chi connectivity index (χ2n) is 2.90. The molecule has 0 aromatic rings. The van der Waals surface area contributed by atoms with Crippen LogP contribution >= 0.6 is 0 Å². The molecule has 0 spiro atoms. The average Bonchev–Trinajstić information content (AvgIpc) is 2.17. The van der Waals surface area contributed by atoms with Crippen LogP contribution in [0.5, 0.6) is 0 Å². The highest BCUT2D eigenvalue weighted by atomic mass is 16.3. The van der Waals surface area contributed by atoms with Crippen molar-refractivity contribution in [1.29, 1.82) is 0 Å². The smallest absolute Gasteiger partial charge is 0.0497 e. The van der Waals surface area contributed by atoms with Gasteiger partial charge in [0.2, 0.25) is 0 Å². The van der Waals surface area contributed by atoms with Gasteiger partial charge in [0, 0.05) is 18.6 Å². The molecule has 0 unspecified atom stereocenters. The maximum atomic E-state index is 8.79. The van der Waals surface area contributed by atoms with Crippen molar-refractivity contribution in [2.45, 2.75) is 13.3 Å². The van der Waals surface area contributed by atoms with Crippen molar-refractivity contribution in [3.8, 4) is 0 Å². The van der Waals surface area contributed by atoms with Crippen molar-refractivity contribution >= 4 is 0 Å². The van der Waals surface area contributed by atoms with Crippen molar-refractivity contribution in [3.63, 3.8) is 0 Å². The van der Waals surface area contributed by atoms with E-state index in [4.69, 9.17) is 5.11 Å². The third-order valence-corrected chi connectivity index (χ3v) is 1.84. The topological polar surface area (TPSA) is 32.3 Å². The Labute approximate surface area is 49.9 Å². The summed E-state index contributed by atoms with van der Waals surface area (Å²) in [6.07, 6.45) is 1.11. The normalized spacial score (nSPS) is 38.2. The maximum absolute atomic E-state index is 8.79. The SMILES string of the molecule is C[C@@]1(CO)CCNC1. The minimum Gasteiger partial charge on any atom is -0.396 e. The summed E-state index contributed by atoms with van der Waals surface area (Å²) < 4.78 is 0. The van der Waals surface area contributed by atoms with Crippen LogP contribution < -0.4 is 5.32 Å². The summed E-state index contributed by atoms with van der Waals surface area (Å²) in [6, 6.07) is 0. The highest BCUT2D eigenvalue weighted by Crippen LogP contribution is 2.22. The molecule has 2 nitrogen and oxygen atoms in total. The fourth-order valence-corrected chi connectivity index (χ4v) is 1.00. The Morgan fingerprint density at radius 1 is 1.75 bits per heavy atom. The summed E-state index contributed by atoms with van der Waals surface area (Å²) in [5.41, 5.74) is 0.181. The van der Waals surface area contributed by atoms with Crippen LogP contribution in [0, 0.1) is 5.41 Å². The van der Waals surface area contributed by atoms with E-state index in [1.165, 1.54) is 0 Å². The first-order valence-corrected chi connectivity index (χ1v) is 3.08. The van der Waals surface area contributed by atoms with Crippen LogP contribution in [-0.2, 0) is 0 Å². The average molecular weight is 115 g/mol. The van der Waals surface area contributed by atoms with Crippen LogP contribution in [0.25, 0.3) is 0 Å². The van der Waals surface area contributed by atoms with Gasteiger partial charge in [0.05, 0.1) is 0 Å². The first-order valence-electron chi connectivity index (χ1n) is 3.08. The summed E-state index contributed by atoms with van der Waals surface area (Å²) >= 11 is 0. The van der Waals surface area contributed by atoms with Gasteiger partial charge >= 0.3 is 0 Å². The Bertz CT molecular complexity index is 76.6. The highest BCUT2D eigenvalue weighted by Gasteiger charge is 2.26. The molecule has 1 atom stereocenters. The summed E-state index contributed by atoms with van der Waals surface area (Å²) in [4.78, 5) is 0. The Morgan fingerprint density at radius 3 is 2.75 bits per heavy atom. The maximum Gasteiger partial charge on any atom is 0.0497 e. The Balaban J connectivity index is 2.40. The second-order valence-corrected chi connectivity index (χ2v) is 2.90. The van der Waals surface area contributed by atoms with E-state index in [0.717, 1.165) is 19.5 Å². The largest absolute Gasteiger partial charge is 0.396 e. The molecular weight excluding hydrogens is 102 g/mol. The van der Waals surface area contributed by atoms with Gasteiger partial charge < -0.3 is 10.4 Å². The highest BCUT2D eigenvalue weighted by molar-refractivity contribution is 4.82. The molecule has 1 saturated heterocycles. The van der Waals surface area contributed by atoms with E-state index in [1.807, 2.05) is 0 Å². The molecule has 2 N–H and O–H groups in total. The van der Waals surface area contributed by atoms with Gasteiger partial charge in [-0.15, -0.1) is 0 Å². The molecule has 0 radical (unpaired) electrons. The Morgan fingerprint density at radius 2 is 2.50 bits per heavy atom. The number of rotatable bonds is 1. The molecule has 0 saturated carbocycles. The van der Waals surface area contributed by atoms with Crippen LogP contribution in [0.1, 0.15) is 13.3 Å². The lowest BCUT2D eigenvalue weighted by molar-refractivity contribution is 0.160. The van der Waals surface area contributed by atoms with Crippen LogP contribution in [0.4, 0.5) is 0 Å². The van der Waals surface area contributed by atoms with Gasteiger partial charge in [0.15, 0.2) is 0 Å². The van der Waals surface area contributed by atoms with Crippen LogP contribution in [-0.4, -0.2) is 24.8 Å². The molecule has 0 bridgehead atoms. The Hall–Kier alpha value is -0.0800. The number of nitrogens with one attached hydrogen (secondary N) is 1. The number of hydrogen-bond acceptors (Lipinski definition) is 2. The van der Waals surface area contributed by atoms with E-state index >= 15 is 0 Å². The number of aliphatic hydroxyl groups is 1. The zero-order chi connectivity index (χ0) is 6.04. The molecule has 48 valence electrons. The van der Waals surface area contributed by atoms with E-state index in [1.54, 1.807) is 0 Å². The number of aliphatic hydroxyl groups excluding tert-OH is 1. The lowest BCUT2D eigenvalue weighted by atomic mass is 9.91. The van der Waals surface area contributed by atoms with E-state index in [9.17, 15) is 0 Å². The van der Waals surface area contributed by atoms with Crippen molar-refractivity contribution in [3.05, 3.63) is 0 Å². The summed E-state index contributed by atoms with van der Waals surface area (Å²) in [5, 5.41) is 12.0. The van der Waals surface area contributed by atoms with E-state index in [2.05, 4.69) is 12.2 Å². The zero-order valence-electron chi connectivity index (χ0n) is 5.28. The van der Waals surface area contributed by atoms with Gasteiger partial charge in [-0.3, -0.25) is 0 Å². The lowest BCUT2D eigenvalue weighted by Gasteiger charge is -2.17. The fourth-order valence-electron chi connectivity index (χ4n) is 1.00. The lowest BCUT2D eigenvalue weighted by Crippen LogP contribution is -2.23. The van der Waals surface area contributed by atoms with Gasteiger partial charge in [-0.05, 0) is 13.0 Å². The minimum absolute atomic E-state index is 0.181. The minimum atomic E-state index is 0.181. The summed E-state index contributed by atoms with van der Waals surface area (Å²) in [6.45, 7) is 4.47. The number of hydrogen-bond donors (Lipinski definition) is 2. The monoisotopic (exact) mass is 115 g/mol. The van der Waals surface area contributed by atoms with E-state index in [-0.39, 0.29) is 5.41 Å². The molecule has 0 aromatic carbocycles. The van der Waals surface area contributed by atoms with Gasteiger partial charge in [0.1, 0.15) is 0 Å². The molecule has 1 rings (SSSR count). The van der Waals surface area contributed by atoms with Gasteiger partial charge in [-0.25, -0.2) is 0 Å². The van der Waals surface area contributed by atoms with Crippen molar-refractivity contribution in [2.75, 3.05) is 19.7 Å². The van der Waals surface area contributed by atoms with Crippen LogP contribution in [0.15, 0.2) is 0 Å². The van der Waals surface area contributed by atoms with Gasteiger partial charge in [0.25, 0.3) is 0 Å². The molecule has 1 aliphatic heterocycles. The molecule has 1 fully saturated rings. The van der Waals surface area contributed by atoms with Crippen molar-refractivity contribution < 1.29 is 5.11 Å². The summed E-state index contributed by atoms with van der Waals surface area (Å²) in [7, 11) is 0. The third kappa shape index (κ3) is 1.01. The first kappa shape index (κ1) is 6.05. The van der Waals surface area contributed by atoms with E-state index < -0.39 is 0 Å². The molecule has 0 amide bonds. The molecule has 2 heteroatoms. The van der Waals surface area contributed by atoms with Crippen molar-refractivity contribution in [2.24, 2.45) is 5.41 Å². The molecule has 8 heavy (non-hydrogen) atoms. The molecule has 0 aromatic heterocycles. The molecular formula is C6H13NO. The zero-order valence-corrected chi connectivity index (χ0v) is 5.28. The summed E-state index contributed by atoms with van der Waals surface area (Å²) in [5.74, 6) is 0. The molecule has 0 aliphatic carbocycles. The van der Waals surface area contributed by atoms with Crippen LogP contribution in [0.2, 0.25) is 0 Å². The molecule has 1 aliphatic rings. The predicted octanol–water partition coefficient (Wildman–Crippen LogP) is -0.0217. The quantitative estimate of drug-likeness (QED) is 0.503. The molecule has 1 heterocycles.